The van der Waals surface area contributed by atoms with E-state index in [2.05, 4.69) is 5.32 Å². The highest BCUT2D eigenvalue weighted by molar-refractivity contribution is 5.83. The quantitative estimate of drug-likeness (QED) is 0.404. The minimum atomic E-state index is -4.47. The molecule has 0 spiro atoms. The predicted octanol–water partition coefficient (Wildman–Crippen LogP) is -0.640. The Morgan fingerprint density at radius 3 is 2.49 bits per heavy atom. The van der Waals surface area contributed by atoms with E-state index in [1.54, 1.807) is 4.90 Å². The van der Waals surface area contributed by atoms with Gasteiger partial charge in [-0.15, -0.1) is 0 Å². The maximum atomic E-state index is 13.9. The maximum Gasteiger partial charge on any atom is 0.416 e. The molecule has 0 unspecified atom stereocenters. The van der Waals surface area contributed by atoms with Crippen LogP contribution < -0.4 is 5.32 Å². The van der Waals surface area contributed by atoms with Crippen LogP contribution >= 0.6 is 0 Å². The molecule has 12 nitrogen and oxygen atoms in total. The lowest BCUT2D eigenvalue weighted by atomic mass is 10.0. The van der Waals surface area contributed by atoms with E-state index in [1.165, 1.54) is 24.1 Å². The molecule has 0 radical (unpaired) electrons. The summed E-state index contributed by atoms with van der Waals surface area (Å²) >= 11 is 0. The summed E-state index contributed by atoms with van der Waals surface area (Å²) in [4.78, 5) is 44.7. The van der Waals surface area contributed by atoms with Crippen LogP contribution in [-0.2, 0) is 41.3 Å². The smallest absolute Gasteiger partial charge is 0.388 e. The molecule has 7 atom stereocenters. The molecule has 0 saturated carbocycles. The number of amides is 3. The molecular formula is C28H37F3N4O8. The van der Waals surface area contributed by atoms with Crippen molar-refractivity contribution < 1.29 is 52.0 Å². The van der Waals surface area contributed by atoms with E-state index in [9.17, 15) is 37.8 Å². The van der Waals surface area contributed by atoms with Crippen LogP contribution in [0.25, 0.3) is 0 Å². The molecule has 4 aliphatic rings. The molecule has 4 saturated heterocycles. The largest absolute Gasteiger partial charge is 0.416 e. The Balaban J connectivity index is 1.39. The highest BCUT2D eigenvalue weighted by atomic mass is 19.4. The first-order valence-electron chi connectivity index (χ1n) is 14.3. The van der Waals surface area contributed by atoms with Gasteiger partial charge in [-0.1, -0.05) is 12.1 Å². The van der Waals surface area contributed by atoms with Crippen LogP contribution in [0.15, 0.2) is 24.3 Å². The third-order valence-electron chi connectivity index (χ3n) is 8.46. The van der Waals surface area contributed by atoms with Crippen molar-refractivity contribution in [3.05, 3.63) is 35.4 Å². The van der Waals surface area contributed by atoms with Crippen LogP contribution in [0, 0.1) is 0 Å². The molecule has 1 aromatic rings. The summed E-state index contributed by atoms with van der Waals surface area (Å²) in [5.41, 5.74) is -0.188. The number of benzene rings is 1. The van der Waals surface area contributed by atoms with Gasteiger partial charge in [0.25, 0.3) is 0 Å². The molecule has 0 aliphatic carbocycles. The standard InChI is InChI=1S/C28H37F3N4O8/c1-41-15-24(37)35-13-19-12-33(6-7-42-19)27(40)20-8-18(32-23(36)9-21-25(38)26(39)22(14-35)43-21)11-34(20)10-16-2-4-17(5-3-16)28(29,30)31/h2-5,18-22,25-26,38-39H,6-15H2,1H3,(H,32,36)/t18-,19-,20-,21-,22+,25-,26+/m0/s1. The van der Waals surface area contributed by atoms with Crippen molar-refractivity contribution in [2.24, 2.45) is 0 Å². The lowest BCUT2D eigenvalue weighted by Gasteiger charge is -2.38. The van der Waals surface area contributed by atoms with Crippen molar-refractivity contribution in [3.63, 3.8) is 0 Å². The predicted molar refractivity (Wildman–Crippen MR) is 142 cm³/mol. The molecule has 4 heterocycles. The number of carbonyl (C=O) groups is 3. The number of rotatable bonds is 4. The van der Waals surface area contributed by atoms with Crippen molar-refractivity contribution in [3.8, 4) is 0 Å². The normalized spacial score (nSPS) is 32.7. The summed E-state index contributed by atoms with van der Waals surface area (Å²) in [5.74, 6) is -1.05. The summed E-state index contributed by atoms with van der Waals surface area (Å²) in [5, 5.41) is 24.2. The van der Waals surface area contributed by atoms with Gasteiger partial charge in [-0.05, 0) is 24.1 Å². The molecule has 4 fully saturated rings. The van der Waals surface area contributed by atoms with Gasteiger partial charge in [-0.2, -0.15) is 13.2 Å². The number of alkyl halides is 3. The average molecular weight is 615 g/mol. The second kappa shape index (κ2) is 13.0. The maximum absolute atomic E-state index is 13.9. The number of hydrogen-bond donors (Lipinski definition) is 3. The van der Waals surface area contributed by atoms with Crippen molar-refractivity contribution in [1.29, 1.82) is 0 Å². The first-order chi connectivity index (χ1) is 20.4. The molecule has 238 valence electrons. The van der Waals surface area contributed by atoms with Crippen molar-refractivity contribution in [1.82, 2.24) is 20.0 Å². The summed E-state index contributed by atoms with van der Waals surface area (Å²) < 4.78 is 56.0. The lowest BCUT2D eigenvalue weighted by molar-refractivity contribution is -0.148. The number of nitrogens with zero attached hydrogens (tertiary/aromatic N) is 3. The zero-order valence-corrected chi connectivity index (χ0v) is 23.7. The molecule has 5 rings (SSSR count). The van der Waals surface area contributed by atoms with Gasteiger partial charge in [-0.3, -0.25) is 19.3 Å². The highest BCUT2D eigenvalue weighted by Crippen LogP contribution is 2.31. The zero-order chi connectivity index (χ0) is 30.9. The molecule has 6 bridgehead atoms. The molecule has 3 N–H and O–H groups in total. The van der Waals surface area contributed by atoms with Crippen LogP contribution in [0.1, 0.15) is 24.0 Å². The summed E-state index contributed by atoms with van der Waals surface area (Å²) in [7, 11) is 1.37. The number of fused-ring (bicyclic) bond motifs is 6. The number of carbonyl (C=O) groups excluding carboxylic acids is 3. The number of aliphatic hydroxyl groups excluding tert-OH is 2. The molecule has 4 aliphatic heterocycles. The number of ether oxygens (including phenoxy) is 3. The Morgan fingerprint density at radius 2 is 1.79 bits per heavy atom. The number of morpholine rings is 1. The number of likely N-dealkylation sites (tertiary alicyclic amines) is 1. The third-order valence-corrected chi connectivity index (χ3v) is 8.46. The van der Waals surface area contributed by atoms with E-state index in [-0.39, 0.29) is 64.7 Å². The van der Waals surface area contributed by atoms with Crippen molar-refractivity contribution in [2.75, 3.05) is 53.0 Å². The second-order valence-corrected chi connectivity index (χ2v) is 11.5. The monoisotopic (exact) mass is 614 g/mol. The van der Waals surface area contributed by atoms with Gasteiger partial charge in [0.05, 0.1) is 36.8 Å². The molecule has 0 aromatic heterocycles. The Bertz CT molecular complexity index is 1170. The van der Waals surface area contributed by atoms with Gasteiger partial charge in [0.15, 0.2) is 0 Å². The van der Waals surface area contributed by atoms with Crippen LogP contribution in [0.3, 0.4) is 0 Å². The number of hydrogen-bond acceptors (Lipinski definition) is 9. The van der Waals surface area contributed by atoms with E-state index in [4.69, 9.17) is 14.2 Å². The molecule has 1 aromatic carbocycles. The van der Waals surface area contributed by atoms with Gasteiger partial charge >= 0.3 is 6.18 Å². The highest BCUT2D eigenvalue weighted by Gasteiger charge is 2.46. The van der Waals surface area contributed by atoms with E-state index in [0.717, 1.165) is 12.1 Å². The van der Waals surface area contributed by atoms with E-state index < -0.39 is 66.2 Å². The number of nitrogens with one attached hydrogen (secondary N) is 1. The fourth-order valence-corrected chi connectivity index (χ4v) is 6.28. The average Bonchev–Trinajstić information content (AvgIpc) is 3.46. The van der Waals surface area contributed by atoms with Gasteiger partial charge < -0.3 is 39.5 Å². The molecular weight excluding hydrogens is 577 g/mol. The van der Waals surface area contributed by atoms with E-state index in [0.29, 0.717) is 12.1 Å². The van der Waals surface area contributed by atoms with Gasteiger partial charge in [-0.25, -0.2) is 0 Å². The van der Waals surface area contributed by atoms with Crippen LogP contribution in [0.2, 0.25) is 0 Å². The number of methoxy groups -OCH3 is 1. The first kappa shape index (κ1) is 31.6. The Morgan fingerprint density at radius 1 is 1.07 bits per heavy atom. The van der Waals surface area contributed by atoms with Crippen LogP contribution in [0.4, 0.5) is 13.2 Å². The summed E-state index contributed by atoms with van der Waals surface area (Å²) in [6.45, 7) is 0.910. The van der Waals surface area contributed by atoms with Gasteiger partial charge in [0, 0.05) is 52.4 Å². The Labute approximate surface area is 246 Å². The van der Waals surface area contributed by atoms with E-state index >= 15 is 0 Å². The zero-order valence-electron chi connectivity index (χ0n) is 23.7. The lowest BCUT2D eigenvalue weighted by Crippen LogP contribution is -2.55. The van der Waals surface area contributed by atoms with Crippen LogP contribution in [-0.4, -0.2) is 138 Å². The minimum Gasteiger partial charge on any atom is -0.388 e. The Hall–Kier alpha value is -2.82. The van der Waals surface area contributed by atoms with Gasteiger partial charge in [0.2, 0.25) is 17.7 Å². The minimum absolute atomic E-state index is 0.0718. The number of halogens is 3. The summed E-state index contributed by atoms with van der Waals surface area (Å²) in [6.07, 6.45) is -9.68. The molecule has 3 amide bonds. The van der Waals surface area contributed by atoms with Crippen molar-refractivity contribution >= 4 is 17.7 Å². The van der Waals surface area contributed by atoms with Crippen LogP contribution in [0.5, 0.6) is 0 Å². The molecule has 15 heteroatoms. The Kier molecular flexibility index (Phi) is 9.58. The fraction of sp³-hybridized carbons (Fsp3) is 0.679. The van der Waals surface area contributed by atoms with Crippen molar-refractivity contribution in [2.45, 2.75) is 68.2 Å². The van der Waals surface area contributed by atoms with E-state index in [1.807, 2.05) is 4.90 Å². The number of aliphatic hydroxyl groups is 2. The fourth-order valence-electron chi connectivity index (χ4n) is 6.28. The first-order valence-corrected chi connectivity index (χ1v) is 14.3. The third kappa shape index (κ3) is 7.29. The topological polar surface area (TPSA) is 141 Å². The SMILES string of the molecule is COCC(=O)N1C[C@@H]2CN(CCO2)C(=O)[C@@H]2C[C@@H](CN2Cc2ccc(C(F)(F)F)cc2)NC(=O)C[C@@H]2O[C@H](C1)[C@@H](O)[C@H]2O. The molecule has 43 heavy (non-hydrogen) atoms. The van der Waals surface area contributed by atoms with Gasteiger partial charge in [0.1, 0.15) is 24.9 Å². The second-order valence-electron chi connectivity index (χ2n) is 11.5. The summed E-state index contributed by atoms with van der Waals surface area (Å²) in [6, 6.07) is 3.65.